The van der Waals surface area contributed by atoms with Crippen LogP contribution in [0.3, 0.4) is 0 Å². The Labute approximate surface area is 101 Å². The van der Waals surface area contributed by atoms with Crippen LogP contribution in [0.4, 0.5) is 0 Å². The fourth-order valence-electron chi connectivity index (χ4n) is 1.82. The van der Waals surface area contributed by atoms with Gasteiger partial charge in [-0.05, 0) is 42.5 Å². The predicted octanol–water partition coefficient (Wildman–Crippen LogP) is 4.01. The van der Waals surface area contributed by atoms with Crippen molar-refractivity contribution >= 4 is 31.9 Å². The predicted molar refractivity (Wildman–Crippen MR) is 66.1 cm³/mol. The maximum atomic E-state index is 6.22. The lowest BCUT2D eigenvalue weighted by Gasteiger charge is -2.32. The Morgan fingerprint density at radius 3 is 2.57 bits per heavy atom. The van der Waals surface area contributed by atoms with Crippen LogP contribution in [0.15, 0.2) is 27.1 Å². The molecule has 3 heteroatoms. The smallest absolute Gasteiger partial charge is 0.0335 e. The quantitative estimate of drug-likeness (QED) is 0.876. The van der Waals surface area contributed by atoms with Crippen LogP contribution in [0.2, 0.25) is 0 Å². The number of nitrogens with two attached hydrogens (primary N) is 1. The lowest BCUT2D eigenvalue weighted by molar-refractivity contribution is 0.264. The van der Waals surface area contributed by atoms with Crippen molar-refractivity contribution in [2.75, 3.05) is 0 Å². The molecule has 0 aromatic heterocycles. The molecular weight excluding hydrogens is 306 g/mol. The minimum Gasteiger partial charge on any atom is -0.324 e. The highest BCUT2D eigenvalue weighted by atomic mass is 79.9. The van der Waals surface area contributed by atoms with Gasteiger partial charge >= 0.3 is 0 Å². The molecule has 2 rings (SSSR count). The summed E-state index contributed by atoms with van der Waals surface area (Å²) in [5.41, 5.74) is 7.45. The molecule has 1 aromatic rings. The van der Waals surface area contributed by atoms with E-state index in [4.69, 9.17) is 5.73 Å². The molecular formula is C11H13Br2N. The minimum atomic E-state index is 0.190. The van der Waals surface area contributed by atoms with Crippen LogP contribution in [-0.4, -0.2) is 0 Å². The normalized spacial score (nSPS) is 19.1. The SMILES string of the molecule is N[C@H](c1cc(Br)ccc1Br)C1CCC1. The summed E-state index contributed by atoms with van der Waals surface area (Å²) in [5, 5.41) is 0. The largest absolute Gasteiger partial charge is 0.324 e. The number of rotatable bonds is 2. The summed E-state index contributed by atoms with van der Waals surface area (Å²) in [5.74, 6) is 0.681. The second kappa shape index (κ2) is 4.33. The van der Waals surface area contributed by atoms with E-state index in [1.54, 1.807) is 0 Å². The van der Waals surface area contributed by atoms with Crippen molar-refractivity contribution in [1.82, 2.24) is 0 Å². The fourth-order valence-corrected chi connectivity index (χ4v) is 2.71. The van der Waals surface area contributed by atoms with E-state index in [2.05, 4.69) is 44.0 Å². The zero-order valence-corrected chi connectivity index (χ0v) is 11.0. The van der Waals surface area contributed by atoms with Gasteiger partial charge in [-0.25, -0.2) is 0 Å². The van der Waals surface area contributed by atoms with Crippen LogP contribution in [0, 0.1) is 5.92 Å². The van der Waals surface area contributed by atoms with Crippen LogP contribution in [0.25, 0.3) is 0 Å². The first-order valence-electron chi connectivity index (χ1n) is 4.89. The van der Waals surface area contributed by atoms with Gasteiger partial charge < -0.3 is 5.73 Å². The summed E-state index contributed by atoms with van der Waals surface area (Å²) in [7, 11) is 0. The Kier molecular flexibility index (Phi) is 3.30. The van der Waals surface area contributed by atoms with Crippen LogP contribution in [0.1, 0.15) is 30.9 Å². The summed E-state index contributed by atoms with van der Waals surface area (Å²) >= 11 is 7.03. The third kappa shape index (κ3) is 2.05. The molecule has 0 saturated heterocycles. The minimum absolute atomic E-state index is 0.190. The Hall–Kier alpha value is 0.140. The second-order valence-electron chi connectivity index (χ2n) is 3.88. The van der Waals surface area contributed by atoms with Gasteiger partial charge in [0.05, 0.1) is 0 Å². The Balaban J connectivity index is 2.24. The average Bonchev–Trinajstić information content (AvgIpc) is 2.06. The summed E-state index contributed by atoms with van der Waals surface area (Å²) in [6.45, 7) is 0. The lowest BCUT2D eigenvalue weighted by Crippen LogP contribution is -2.27. The molecule has 0 aliphatic heterocycles. The second-order valence-corrected chi connectivity index (χ2v) is 5.65. The monoisotopic (exact) mass is 317 g/mol. The highest BCUT2D eigenvalue weighted by Crippen LogP contribution is 2.39. The van der Waals surface area contributed by atoms with Crippen LogP contribution in [-0.2, 0) is 0 Å². The van der Waals surface area contributed by atoms with Crippen molar-refractivity contribution in [3.05, 3.63) is 32.7 Å². The standard InChI is InChI=1S/C11H13Br2N/c12-8-4-5-10(13)9(6-8)11(14)7-2-1-3-7/h4-7,11H,1-3,14H2/t11-/m0/s1. The van der Waals surface area contributed by atoms with Gasteiger partial charge in [-0.1, -0.05) is 38.3 Å². The first-order valence-corrected chi connectivity index (χ1v) is 6.47. The number of hydrogen-bond donors (Lipinski definition) is 1. The van der Waals surface area contributed by atoms with Crippen LogP contribution in [0.5, 0.6) is 0 Å². The average molecular weight is 319 g/mol. The van der Waals surface area contributed by atoms with Gasteiger partial charge in [0.2, 0.25) is 0 Å². The van der Waals surface area contributed by atoms with E-state index in [1.165, 1.54) is 24.8 Å². The highest BCUT2D eigenvalue weighted by Gasteiger charge is 2.26. The maximum absolute atomic E-state index is 6.22. The summed E-state index contributed by atoms with van der Waals surface area (Å²) in [6, 6.07) is 6.39. The molecule has 2 N–H and O–H groups in total. The first-order chi connectivity index (χ1) is 6.68. The molecule has 0 heterocycles. The molecule has 1 atom stereocenters. The van der Waals surface area contributed by atoms with Gasteiger partial charge in [0.15, 0.2) is 0 Å². The Morgan fingerprint density at radius 1 is 1.29 bits per heavy atom. The molecule has 0 radical (unpaired) electrons. The lowest BCUT2D eigenvalue weighted by atomic mass is 9.78. The van der Waals surface area contributed by atoms with Crippen LogP contribution < -0.4 is 5.73 Å². The van der Waals surface area contributed by atoms with Gasteiger partial charge in [-0.15, -0.1) is 0 Å². The van der Waals surface area contributed by atoms with Crippen molar-refractivity contribution in [1.29, 1.82) is 0 Å². The molecule has 1 fully saturated rings. The van der Waals surface area contributed by atoms with E-state index >= 15 is 0 Å². The molecule has 0 spiro atoms. The highest BCUT2D eigenvalue weighted by molar-refractivity contribution is 9.11. The van der Waals surface area contributed by atoms with E-state index in [9.17, 15) is 0 Å². The fraction of sp³-hybridized carbons (Fsp3) is 0.455. The maximum Gasteiger partial charge on any atom is 0.0335 e. The zero-order chi connectivity index (χ0) is 10.1. The zero-order valence-electron chi connectivity index (χ0n) is 7.84. The third-order valence-corrected chi connectivity index (χ3v) is 4.19. The van der Waals surface area contributed by atoms with E-state index in [0.29, 0.717) is 5.92 Å². The van der Waals surface area contributed by atoms with E-state index in [0.717, 1.165) is 8.95 Å². The third-order valence-electron chi connectivity index (χ3n) is 2.97. The van der Waals surface area contributed by atoms with Crippen molar-refractivity contribution in [3.63, 3.8) is 0 Å². The van der Waals surface area contributed by atoms with E-state index in [-0.39, 0.29) is 6.04 Å². The molecule has 76 valence electrons. The molecule has 1 aromatic carbocycles. The number of halogens is 2. The van der Waals surface area contributed by atoms with Crippen LogP contribution >= 0.6 is 31.9 Å². The van der Waals surface area contributed by atoms with E-state index in [1.807, 2.05) is 6.07 Å². The molecule has 1 aliphatic rings. The molecule has 0 bridgehead atoms. The first kappa shape index (κ1) is 10.7. The van der Waals surface area contributed by atoms with Crippen molar-refractivity contribution in [3.8, 4) is 0 Å². The Morgan fingerprint density at radius 2 is 2.00 bits per heavy atom. The van der Waals surface area contributed by atoms with Gasteiger partial charge in [0.1, 0.15) is 0 Å². The van der Waals surface area contributed by atoms with Gasteiger partial charge in [-0.2, -0.15) is 0 Å². The summed E-state index contributed by atoms with van der Waals surface area (Å²) < 4.78 is 2.23. The van der Waals surface area contributed by atoms with Crippen molar-refractivity contribution < 1.29 is 0 Å². The molecule has 0 unspecified atom stereocenters. The molecule has 1 aliphatic carbocycles. The summed E-state index contributed by atoms with van der Waals surface area (Å²) in [6.07, 6.45) is 3.89. The van der Waals surface area contributed by atoms with E-state index < -0.39 is 0 Å². The Bertz CT molecular complexity index is 334. The molecule has 14 heavy (non-hydrogen) atoms. The van der Waals surface area contributed by atoms with Crippen molar-refractivity contribution in [2.45, 2.75) is 25.3 Å². The number of hydrogen-bond acceptors (Lipinski definition) is 1. The molecule has 1 saturated carbocycles. The topological polar surface area (TPSA) is 26.0 Å². The molecule has 1 nitrogen and oxygen atoms in total. The number of benzene rings is 1. The van der Waals surface area contributed by atoms with Crippen molar-refractivity contribution in [2.24, 2.45) is 11.7 Å². The summed E-state index contributed by atoms with van der Waals surface area (Å²) in [4.78, 5) is 0. The van der Waals surface area contributed by atoms with Gasteiger partial charge in [0.25, 0.3) is 0 Å². The molecule has 0 amide bonds. The van der Waals surface area contributed by atoms with Gasteiger partial charge in [-0.3, -0.25) is 0 Å². The van der Waals surface area contributed by atoms with Gasteiger partial charge in [0, 0.05) is 15.0 Å².